The summed E-state index contributed by atoms with van der Waals surface area (Å²) in [5.41, 5.74) is 1.11. The highest BCUT2D eigenvalue weighted by Crippen LogP contribution is 2.33. The van der Waals surface area contributed by atoms with Crippen LogP contribution in [0.5, 0.6) is 5.75 Å². The van der Waals surface area contributed by atoms with Crippen molar-refractivity contribution < 1.29 is 9.47 Å². The zero-order valence-corrected chi connectivity index (χ0v) is 10.9. The van der Waals surface area contributed by atoms with Crippen LogP contribution in [0.15, 0.2) is 40.9 Å². The van der Waals surface area contributed by atoms with E-state index in [1.165, 1.54) is 0 Å². The SMILES string of the molecule is COc1ccc(N2C=CSC2C2=NCCO2)cc1. The van der Waals surface area contributed by atoms with Crippen molar-refractivity contribution in [1.82, 2.24) is 0 Å². The summed E-state index contributed by atoms with van der Waals surface area (Å²) in [6.45, 7) is 1.46. The molecule has 0 aliphatic carbocycles. The first-order chi connectivity index (χ1) is 8.88. The van der Waals surface area contributed by atoms with Crippen LogP contribution in [-0.4, -0.2) is 31.5 Å². The van der Waals surface area contributed by atoms with Gasteiger partial charge in [-0.2, -0.15) is 0 Å². The lowest BCUT2D eigenvalue weighted by Gasteiger charge is -2.24. The zero-order valence-electron chi connectivity index (χ0n) is 10.1. The summed E-state index contributed by atoms with van der Waals surface area (Å²) in [6.07, 6.45) is 2.06. The second-order valence-corrected chi connectivity index (χ2v) is 4.94. The predicted molar refractivity (Wildman–Crippen MR) is 74.2 cm³/mol. The van der Waals surface area contributed by atoms with Crippen molar-refractivity contribution in [2.45, 2.75) is 5.37 Å². The van der Waals surface area contributed by atoms with E-state index in [9.17, 15) is 0 Å². The number of benzene rings is 1. The van der Waals surface area contributed by atoms with Gasteiger partial charge in [0.25, 0.3) is 0 Å². The Kier molecular flexibility index (Phi) is 3.15. The first-order valence-electron chi connectivity index (χ1n) is 5.80. The fourth-order valence-corrected chi connectivity index (χ4v) is 2.91. The van der Waals surface area contributed by atoms with Crippen molar-refractivity contribution in [2.24, 2.45) is 4.99 Å². The number of hydrogen-bond acceptors (Lipinski definition) is 5. The van der Waals surface area contributed by atoms with E-state index < -0.39 is 0 Å². The molecule has 2 heterocycles. The Morgan fingerprint density at radius 2 is 2.22 bits per heavy atom. The van der Waals surface area contributed by atoms with Gasteiger partial charge in [-0.25, -0.2) is 4.99 Å². The number of methoxy groups -OCH3 is 1. The molecule has 0 amide bonds. The van der Waals surface area contributed by atoms with Gasteiger partial charge < -0.3 is 14.4 Å². The van der Waals surface area contributed by atoms with Crippen LogP contribution in [0.3, 0.4) is 0 Å². The monoisotopic (exact) mass is 262 g/mol. The van der Waals surface area contributed by atoms with Gasteiger partial charge in [0, 0.05) is 11.9 Å². The molecule has 1 aromatic carbocycles. The normalized spacial score (nSPS) is 21.9. The van der Waals surface area contributed by atoms with Crippen molar-refractivity contribution in [1.29, 1.82) is 0 Å². The summed E-state index contributed by atoms with van der Waals surface area (Å²) in [7, 11) is 1.67. The number of nitrogens with zero attached hydrogens (tertiary/aromatic N) is 2. The van der Waals surface area contributed by atoms with Gasteiger partial charge in [-0.15, -0.1) is 0 Å². The highest BCUT2D eigenvalue weighted by molar-refractivity contribution is 8.03. The van der Waals surface area contributed by atoms with E-state index >= 15 is 0 Å². The summed E-state index contributed by atoms with van der Waals surface area (Å²) in [6, 6.07) is 8.00. The molecule has 0 saturated carbocycles. The minimum atomic E-state index is 0.126. The third-order valence-electron chi connectivity index (χ3n) is 2.87. The molecule has 18 heavy (non-hydrogen) atoms. The third kappa shape index (κ3) is 2.06. The van der Waals surface area contributed by atoms with Gasteiger partial charge in [0.05, 0.1) is 13.7 Å². The lowest BCUT2D eigenvalue weighted by atomic mass is 10.2. The number of thioether (sulfide) groups is 1. The summed E-state index contributed by atoms with van der Waals surface area (Å²) in [5, 5.41) is 2.19. The van der Waals surface area contributed by atoms with Gasteiger partial charge >= 0.3 is 0 Å². The van der Waals surface area contributed by atoms with Crippen molar-refractivity contribution in [3.63, 3.8) is 0 Å². The summed E-state index contributed by atoms with van der Waals surface area (Å²) >= 11 is 1.71. The van der Waals surface area contributed by atoms with Crippen LogP contribution in [0, 0.1) is 0 Å². The second-order valence-electron chi connectivity index (χ2n) is 3.95. The van der Waals surface area contributed by atoms with Gasteiger partial charge in [-0.05, 0) is 29.7 Å². The van der Waals surface area contributed by atoms with Gasteiger partial charge in [0.2, 0.25) is 5.90 Å². The van der Waals surface area contributed by atoms with Crippen LogP contribution in [0.4, 0.5) is 5.69 Å². The smallest absolute Gasteiger partial charge is 0.218 e. The first-order valence-corrected chi connectivity index (χ1v) is 6.74. The molecule has 0 saturated heterocycles. The molecule has 3 rings (SSSR count). The third-order valence-corrected chi connectivity index (χ3v) is 3.84. The van der Waals surface area contributed by atoms with Gasteiger partial charge in [0.15, 0.2) is 5.37 Å². The fraction of sp³-hybridized carbons (Fsp3) is 0.308. The second kappa shape index (κ2) is 4.94. The van der Waals surface area contributed by atoms with E-state index in [4.69, 9.17) is 9.47 Å². The minimum Gasteiger partial charge on any atom is -0.497 e. The lowest BCUT2D eigenvalue weighted by molar-refractivity contribution is 0.340. The van der Waals surface area contributed by atoms with E-state index in [-0.39, 0.29) is 5.37 Å². The van der Waals surface area contributed by atoms with Crippen molar-refractivity contribution in [2.75, 3.05) is 25.2 Å². The Hall–Kier alpha value is -1.62. The topological polar surface area (TPSA) is 34.1 Å². The average Bonchev–Trinajstić information content (AvgIpc) is 3.09. The zero-order chi connectivity index (χ0) is 12.4. The number of hydrogen-bond donors (Lipinski definition) is 0. The predicted octanol–water partition coefficient (Wildman–Crippen LogP) is 2.47. The van der Waals surface area contributed by atoms with E-state index in [2.05, 4.69) is 21.5 Å². The molecule has 0 spiro atoms. The van der Waals surface area contributed by atoms with Crippen LogP contribution in [-0.2, 0) is 4.74 Å². The number of ether oxygens (including phenoxy) is 2. The Bertz CT molecular complexity index is 484. The molecule has 1 atom stereocenters. The van der Waals surface area contributed by atoms with E-state index in [0.29, 0.717) is 6.61 Å². The number of anilines is 1. The van der Waals surface area contributed by atoms with E-state index in [1.54, 1.807) is 18.9 Å². The van der Waals surface area contributed by atoms with Crippen LogP contribution in [0.1, 0.15) is 0 Å². The Labute approximate surface area is 110 Å². The minimum absolute atomic E-state index is 0.126. The Morgan fingerprint density at radius 1 is 1.39 bits per heavy atom. The highest BCUT2D eigenvalue weighted by Gasteiger charge is 2.29. The van der Waals surface area contributed by atoms with Crippen molar-refractivity contribution >= 4 is 23.3 Å². The standard InChI is InChI=1S/C13H14N2O2S/c1-16-11-4-2-10(3-5-11)15-7-9-18-13(15)12-14-6-8-17-12/h2-5,7,9,13H,6,8H2,1H3. The molecule has 0 N–H and O–H groups in total. The van der Waals surface area contributed by atoms with Crippen molar-refractivity contribution in [3.05, 3.63) is 35.9 Å². The van der Waals surface area contributed by atoms with E-state index in [0.717, 1.165) is 23.9 Å². The molecule has 2 aliphatic rings. The molecule has 4 nitrogen and oxygen atoms in total. The quantitative estimate of drug-likeness (QED) is 0.838. The molecule has 0 fully saturated rings. The first kappa shape index (κ1) is 11.5. The molecule has 5 heteroatoms. The molecule has 1 aromatic rings. The van der Waals surface area contributed by atoms with Gasteiger partial charge in [-0.1, -0.05) is 11.8 Å². The summed E-state index contributed by atoms with van der Waals surface area (Å²) < 4.78 is 10.7. The van der Waals surface area contributed by atoms with Gasteiger partial charge in [-0.3, -0.25) is 0 Å². The van der Waals surface area contributed by atoms with Crippen LogP contribution < -0.4 is 9.64 Å². The van der Waals surface area contributed by atoms with Gasteiger partial charge in [0.1, 0.15) is 12.4 Å². The van der Waals surface area contributed by atoms with E-state index in [1.807, 2.05) is 24.3 Å². The molecule has 1 unspecified atom stereocenters. The maximum absolute atomic E-state index is 5.56. The van der Waals surface area contributed by atoms with Crippen LogP contribution in [0.25, 0.3) is 0 Å². The molecular weight excluding hydrogens is 248 g/mol. The molecular formula is C13H14N2O2S. The average molecular weight is 262 g/mol. The van der Waals surface area contributed by atoms with Crippen molar-refractivity contribution in [3.8, 4) is 5.75 Å². The summed E-state index contributed by atoms with van der Waals surface area (Å²) in [5.74, 6) is 1.68. The largest absolute Gasteiger partial charge is 0.497 e. The Balaban J connectivity index is 1.82. The number of aliphatic imine (C=N–C) groups is 1. The molecule has 0 bridgehead atoms. The van der Waals surface area contributed by atoms with Crippen LogP contribution in [0.2, 0.25) is 0 Å². The fourth-order valence-electron chi connectivity index (χ4n) is 1.97. The Morgan fingerprint density at radius 3 is 2.89 bits per heavy atom. The lowest BCUT2D eigenvalue weighted by Crippen LogP contribution is -2.32. The van der Waals surface area contributed by atoms with Crippen LogP contribution >= 0.6 is 11.8 Å². The molecule has 0 radical (unpaired) electrons. The molecule has 0 aromatic heterocycles. The molecule has 2 aliphatic heterocycles. The number of rotatable bonds is 3. The maximum atomic E-state index is 5.56. The highest BCUT2D eigenvalue weighted by atomic mass is 32.2. The summed E-state index contributed by atoms with van der Waals surface area (Å²) in [4.78, 5) is 6.56. The molecule has 94 valence electrons. The maximum Gasteiger partial charge on any atom is 0.218 e.